The highest BCUT2D eigenvalue weighted by molar-refractivity contribution is 6.35. The molecule has 2 aromatic rings. The van der Waals surface area contributed by atoms with Crippen LogP contribution >= 0.6 is 23.2 Å². The lowest BCUT2D eigenvalue weighted by Gasteiger charge is -2.06. The summed E-state index contributed by atoms with van der Waals surface area (Å²) in [6, 6.07) is 5.36. The summed E-state index contributed by atoms with van der Waals surface area (Å²) in [6.07, 6.45) is 0. The minimum Gasteiger partial charge on any atom is -0.349 e. The van der Waals surface area contributed by atoms with Crippen molar-refractivity contribution >= 4 is 29.2 Å². The van der Waals surface area contributed by atoms with E-state index in [4.69, 9.17) is 23.2 Å². The molecular weight excluding hydrogens is 249 g/mol. The Labute approximate surface area is 102 Å². The van der Waals surface area contributed by atoms with E-state index in [1.807, 2.05) is 6.07 Å². The zero-order chi connectivity index (χ0) is 11.5. The van der Waals surface area contributed by atoms with Crippen molar-refractivity contribution < 1.29 is 0 Å². The Kier molecular flexibility index (Phi) is 3.26. The maximum atomic E-state index is 6.03. The van der Waals surface area contributed by atoms with E-state index in [2.05, 4.69) is 20.8 Å². The maximum absolute atomic E-state index is 6.03. The second-order valence-corrected chi connectivity index (χ2v) is 4.06. The fraction of sp³-hybridized carbons (Fsp3) is 0.222. The summed E-state index contributed by atoms with van der Waals surface area (Å²) in [5.74, 6) is 0.589. The molecule has 16 heavy (non-hydrogen) atoms. The zero-order valence-electron chi connectivity index (χ0n) is 8.48. The van der Waals surface area contributed by atoms with Crippen molar-refractivity contribution in [1.82, 2.24) is 20.2 Å². The van der Waals surface area contributed by atoms with Gasteiger partial charge in [0.1, 0.15) is 0 Å². The van der Waals surface area contributed by atoms with Crippen LogP contribution < -0.4 is 5.32 Å². The fourth-order valence-electron chi connectivity index (χ4n) is 1.22. The molecule has 0 aliphatic rings. The molecule has 84 valence electrons. The molecule has 0 unspecified atom stereocenters. The highest BCUT2D eigenvalue weighted by Gasteiger charge is 2.04. The SMILES string of the molecule is Cn1nnnc1NCc1ccc(Cl)cc1Cl. The number of aryl methyl sites for hydroxylation is 1. The van der Waals surface area contributed by atoms with Crippen LogP contribution in [0.5, 0.6) is 0 Å². The van der Waals surface area contributed by atoms with Crippen molar-refractivity contribution in [2.24, 2.45) is 7.05 Å². The van der Waals surface area contributed by atoms with Gasteiger partial charge in [-0.25, -0.2) is 4.68 Å². The number of tetrazole rings is 1. The first-order valence-electron chi connectivity index (χ1n) is 4.57. The minimum atomic E-state index is 0.546. The van der Waals surface area contributed by atoms with Crippen LogP contribution in [0.3, 0.4) is 0 Å². The van der Waals surface area contributed by atoms with Crippen molar-refractivity contribution in [2.75, 3.05) is 5.32 Å². The van der Waals surface area contributed by atoms with Crippen LogP contribution in [0.4, 0.5) is 5.95 Å². The van der Waals surface area contributed by atoms with E-state index in [-0.39, 0.29) is 0 Å². The van der Waals surface area contributed by atoms with Gasteiger partial charge in [-0.3, -0.25) is 0 Å². The van der Waals surface area contributed by atoms with Crippen molar-refractivity contribution in [3.8, 4) is 0 Å². The fourth-order valence-corrected chi connectivity index (χ4v) is 1.69. The summed E-state index contributed by atoms with van der Waals surface area (Å²) in [6.45, 7) is 0.546. The number of hydrogen-bond donors (Lipinski definition) is 1. The summed E-state index contributed by atoms with van der Waals surface area (Å²) < 4.78 is 1.55. The van der Waals surface area contributed by atoms with E-state index in [1.54, 1.807) is 23.9 Å². The van der Waals surface area contributed by atoms with Gasteiger partial charge in [-0.15, -0.1) is 0 Å². The first-order chi connectivity index (χ1) is 7.66. The summed E-state index contributed by atoms with van der Waals surface area (Å²) in [4.78, 5) is 0. The van der Waals surface area contributed by atoms with Gasteiger partial charge in [0, 0.05) is 23.6 Å². The molecular formula is C9H9Cl2N5. The lowest BCUT2D eigenvalue weighted by Crippen LogP contribution is -2.06. The van der Waals surface area contributed by atoms with Gasteiger partial charge in [0.25, 0.3) is 0 Å². The molecule has 7 heteroatoms. The number of aromatic nitrogens is 4. The Morgan fingerprint density at radius 1 is 1.38 bits per heavy atom. The van der Waals surface area contributed by atoms with Crippen LogP contribution in [0.2, 0.25) is 10.0 Å². The lowest BCUT2D eigenvalue weighted by molar-refractivity contribution is 0.712. The van der Waals surface area contributed by atoms with Crippen LogP contribution in [-0.4, -0.2) is 20.2 Å². The molecule has 0 saturated heterocycles. The topological polar surface area (TPSA) is 55.6 Å². The van der Waals surface area contributed by atoms with Crippen LogP contribution in [-0.2, 0) is 13.6 Å². The van der Waals surface area contributed by atoms with Gasteiger partial charge in [-0.05, 0) is 28.1 Å². The van der Waals surface area contributed by atoms with Crippen LogP contribution in [0, 0.1) is 0 Å². The van der Waals surface area contributed by atoms with E-state index in [0.717, 1.165) is 5.56 Å². The third-order valence-corrected chi connectivity index (χ3v) is 2.66. The normalized spacial score (nSPS) is 10.4. The molecule has 0 spiro atoms. The number of nitrogens with zero attached hydrogens (tertiary/aromatic N) is 4. The number of hydrogen-bond acceptors (Lipinski definition) is 4. The molecule has 2 rings (SSSR count). The highest BCUT2D eigenvalue weighted by atomic mass is 35.5. The summed E-state index contributed by atoms with van der Waals surface area (Å²) in [7, 11) is 1.76. The van der Waals surface area contributed by atoms with E-state index in [0.29, 0.717) is 22.5 Å². The first-order valence-corrected chi connectivity index (χ1v) is 5.32. The van der Waals surface area contributed by atoms with Crippen molar-refractivity contribution in [3.63, 3.8) is 0 Å². The standard InChI is InChI=1S/C9H9Cl2N5/c1-16-9(13-14-15-16)12-5-6-2-3-7(10)4-8(6)11/h2-4H,5H2,1H3,(H,12,13,15). The number of benzene rings is 1. The molecule has 0 aliphatic carbocycles. The molecule has 0 atom stereocenters. The Morgan fingerprint density at radius 2 is 2.19 bits per heavy atom. The zero-order valence-corrected chi connectivity index (χ0v) is 10.00. The van der Waals surface area contributed by atoms with Crippen LogP contribution in [0.25, 0.3) is 0 Å². The molecule has 0 aliphatic heterocycles. The Morgan fingerprint density at radius 3 is 2.81 bits per heavy atom. The molecule has 0 saturated carbocycles. The Bertz CT molecular complexity index is 496. The molecule has 1 N–H and O–H groups in total. The van der Waals surface area contributed by atoms with Gasteiger partial charge < -0.3 is 5.32 Å². The maximum Gasteiger partial charge on any atom is 0.242 e. The smallest absolute Gasteiger partial charge is 0.242 e. The van der Waals surface area contributed by atoms with E-state index < -0.39 is 0 Å². The van der Waals surface area contributed by atoms with E-state index in [9.17, 15) is 0 Å². The molecule has 0 radical (unpaired) electrons. The van der Waals surface area contributed by atoms with Gasteiger partial charge in [0.15, 0.2) is 0 Å². The van der Waals surface area contributed by atoms with Gasteiger partial charge in [0.2, 0.25) is 5.95 Å². The largest absolute Gasteiger partial charge is 0.349 e. The average Bonchev–Trinajstić information content (AvgIpc) is 2.63. The second-order valence-electron chi connectivity index (χ2n) is 3.22. The Balaban J connectivity index is 2.08. The van der Waals surface area contributed by atoms with E-state index >= 15 is 0 Å². The lowest BCUT2D eigenvalue weighted by atomic mass is 10.2. The number of nitrogens with one attached hydrogen (secondary N) is 1. The van der Waals surface area contributed by atoms with E-state index in [1.165, 1.54) is 0 Å². The molecule has 0 amide bonds. The van der Waals surface area contributed by atoms with Crippen molar-refractivity contribution in [2.45, 2.75) is 6.54 Å². The monoisotopic (exact) mass is 257 g/mol. The third-order valence-electron chi connectivity index (χ3n) is 2.07. The van der Waals surface area contributed by atoms with Gasteiger partial charge in [0.05, 0.1) is 0 Å². The third kappa shape index (κ3) is 2.43. The molecule has 1 aromatic heterocycles. The Hall–Kier alpha value is -1.33. The van der Waals surface area contributed by atoms with Crippen molar-refractivity contribution in [1.29, 1.82) is 0 Å². The summed E-state index contributed by atoms with van der Waals surface area (Å²) in [5, 5.41) is 15.3. The van der Waals surface area contributed by atoms with Gasteiger partial charge >= 0.3 is 0 Å². The van der Waals surface area contributed by atoms with Crippen LogP contribution in [0.15, 0.2) is 18.2 Å². The number of anilines is 1. The second kappa shape index (κ2) is 4.67. The quantitative estimate of drug-likeness (QED) is 0.916. The van der Waals surface area contributed by atoms with Gasteiger partial charge in [-0.1, -0.05) is 34.4 Å². The molecule has 1 aromatic carbocycles. The molecule has 5 nitrogen and oxygen atoms in total. The van der Waals surface area contributed by atoms with Gasteiger partial charge in [-0.2, -0.15) is 0 Å². The minimum absolute atomic E-state index is 0.546. The number of rotatable bonds is 3. The molecule has 0 bridgehead atoms. The van der Waals surface area contributed by atoms with Crippen molar-refractivity contribution in [3.05, 3.63) is 33.8 Å². The highest BCUT2D eigenvalue weighted by Crippen LogP contribution is 2.21. The average molecular weight is 258 g/mol. The predicted molar refractivity (Wildman–Crippen MR) is 62.6 cm³/mol. The molecule has 1 heterocycles. The summed E-state index contributed by atoms with van der Waals surface area (Å²) in [5.41, 5.74) is 0.939. The first kappa shape index (κ1) is 11.2. The van der Waals surface area contributed by atoms with Crippen LogP contribution in [0.1, 0.15) is 5.56 Å². The molecule has 0 fully saturated rings. The predicted octanol–water partition coefficient (Wildman–Crippen LogP) is 2.13. The summed E-state index contributed by atoms with van der Waals surface area (Å²) >= 11 is 11.8. The number of halogens is 2.